The lowest BCUT2D eigenvalue weighted by molar-refractivity contribution is -0.137. The molecule has 102 valence electrons. The van der Waals surface area contributed by atoms with E-state index in [2.05, 4.69) is 23.7 Å². The van der Waals surface area contributed by atoms with E-state index in [4.69, 9.17) is 5.11 Å². The third-order valence-electron chi connectivity index (χ3n) is 3.23. The summed E-state index contributed by atoms with van der Waals surface area (Å²) in [7, 11) is 0. The van der Waals surface area contributed by atoms with E-state index in [1.165, 1.54) is 0 Å². The number of aliphatic carboxylic acids is 1. The Morgan fingerprint density at radius 3 is 2.63 bits per heavy atom. The summed E-state index contributed by atoms with van der Waals surface area (Å²) >= 11 is 0. The Balaban J connectivity index is 2.48. The maximum Gasteiger partial charge on any atom is 0.305 e. The number of rotatable bonds is 6. The molecular formula is C14H19N3O2. The van der Waals surface area contributed by atoms with Gasteiger partial charge in [0.2, 0.25) is 5.95 Å². The molecule has 1 aromatic carbocycles. The molecule has 2 aromatic rings. The molecule has 0 saturated carbocycles. The molecule has 1 heterocycles. The number of benzene rings is 1. The Bertz CT molecular complexity index is 573. The van der Waals surface area contributed by atoms with Crippen molar-refractivity contribution in [1.82, 2.24) is 9.55 Å². The number of carboxylic acids is 1. The van der Waals surface area contributed by atoms with Gasteiger partial charge in [0, 0.05) is 19.6 Å². The Labute approximate surface area is 112 Å². The first-order chi connectivity index (χ1) is 9.17. The molecule has 19 heavy (non-hydrogen) atoms. The molecule has 2 rings (SSSR count). The number of anilines is 1. The van der Waals surface area contributed by atoms with E-state index >= 15 is 0 Å². The summed E-state index contributed by atoms with van der Waals surface area (Å²) in [6.45, 7) is 6.30. The van der Waals surface area contributed by atoms with Crippen LogP contribution in [0.2, 0.25) is 0 Å². The van der Waals surface area contributed by atoms with Crippen LogP contribution >= 0.6 is 0 Å². The van der Waals surface area contributed by atoms with Crippen molar-refractivity contribution in [2.24, 2.45) is 0 Å². The molecule has 1 N–H and O–H groups in total. The lowest BCUT2D eigenvalue weighted by atomic mass is 10.3. The summed E-state index contributed by atoms with van der Waals surface area (Å²) in [5, 5.41) is 8.88. The van der Waals surface area contributed by atoms with Gasteiger partial charge in [-0.3, -0.25) is 4.79 Å². The molecule has 0 atom stereocenters. The normalized spacial score (nSPS) is 10.8. The molecule has 5 heteroatoms. The molecule has 0 amide bonds. The van der Waals surface area contributed by atoms with Gasteiger partial charge >= 0.3 is 5.97 Å². The van der Waals surface area contributed by atoms with Crippen LogP contribution in [-0.4, -0.2) is 33.7 Å². The number of para-hydroxylation sites is 2. The number of aryl methyl sites for hydroxylation is 1. The van der Waals surface area contributed by atoms with E-state index < -0.39 is 5.97 Å². The molecule has 0 aliphatic rings. The maximum atomic E-state index is 10.8. The van der Waals surface area contributed by atoms with Crippen molar-refractivity contribution in [2.45, 2.75) is 26.8 Å². The third-order valence-corrected chi connectivity index (χ3v) is 3.23. The van der Waals surface area contributed by atoms with E-state index in [1.54, 1.807) is 0 Å². The predicted octanol–water partition coefficient (Wildman–Crippen LogP) is 2.36. The van der Waals surface area contributed by atoms with E-state index in [-0.39, 0.29) is 6.42 Å². The number of nitrogens with zero attached hydrogens (tertiary/aromatic N) is 3. The standard InChI is InChI=1S/C14H19N3O2/c1-3-16(4-2)14-15-11-7-5-6-8-12(11)17(14)10-9-13(18)19/h5-8H,3-4,9-10H2,1-2H3,(H,18,19). The fraction of sp³-hybridized carbons (Fsp3) is 0.429. The average Bonchev–Trinajstić information content (AvgIpc) is 2.76. The minimum Gasteiger partial charge on any atom is -0.481 e. The second-order valence-electron chi connectivity index (χ2n) is 4.37. The maximum absolute atomic E-state index is 10.8. The Hall–Kier alpha value is -2.04. The summed E-state index contributed by atoms with van der Waals surface area (Å²) in [5.41, 5.74) is 1.90. The summed E-state index contributed by atoms with van der Waals surface area (Å²) in [6.07, 6.45) is 0.106. The zero-order valence-electron chi connectivity index (χ0n) is 11.3. The number of hydrogen-bond acceptors (Lipinski definition) is 3. The second-order valence-corrected chi connectivity index (χ2v) is 4.37. The fourth-order valence-corrected chi connectivity index (χ4v) is 2.24. The van der Waals surface area contributed by atoms with Gasteiger partial charge in [0.15, 0.2) is 0 Å². The monoisotopic (exact) mass is 261 g/mol. The molecule has 0 spiro atoms. The van der Waals surface area contributed by atoms with Crippen LogP contribution in [-0.2, 0) is 11.3 Å². The molecule has 0 unspecified atom stereocenters. The molecule has 0 saturated heterocycles. The van der Waals surface area contributed by atoms with Crippen LogP contribution in [0, 0.1) is 0 Å². The number of fused-ring (bicyclic) bond motifs is 1. The lowest BCUT2D eigenvalue weighted by Gasteiger charge is -2.21. The molecule has 0 bridgehead atoms. The Morgan fingerprint density at radius 1 is 1.32 bits per heavy atom. The first-order valence-electron chi connectivity index (χ1n) is 6.59. The van der Waals surface area contributed by atoms with Crippen molar-refractivity contribution in [2.75, 3.05) is 18.0 Å². The summed E-state index contributed by atoms with van der Waals surface area (Å²) in [6, 6.07) is 7.84. The van der Waals surface area contributed by atoms with E-state index in [1.807, 2.05) is 28.8 Å². The van der Waals surface area contributed by atoms with Crippen molar-refractivity contribution in [3.63, 3.8) is 0 Å². The van der Waals surface area contributed by atoms with Gasteiger partial charge in [-0.05, 0) is 26.0 Å². The number of carbonyl (C=O) groups is 1. The first-order valence-corrected chi connectivity index (χ1v) is 6.59. The molecule has 0 aliphatic heterocycles. The molecule has 0 radical (unpaired) electrons. The van der Waals surface area contributed by atoms with Gasteiger partial charge in [0.25, 0.3) is 0 Å². The zero-order chi connectivity index (χ0) is 13.8. The quantitative estimate of drug-likeness (QED) is 0.867. The largest absolute Gasteiger partial charge is 0.481 e. The Morgan fingerprint density at radius 2 is 2.00 bits per heavy atom. The number of hydrogen-bond donors (Lipinski definition) is 1. The topological polar surface area (TPSA) is 58.4 Å². The average molecular weight is 261 g/mol. The fourth-order valence-electron chi connectivity index (χ4n) is 2.24. The highest BCUT2D eigenvalue weighted by molar-refractivity contribution is 5.79. The third kappa shape index (κ3) is 2.70. The zero-order valence-corrected chi connectivity index (χ0v) is 11.3. The van der Waals surface area contributed by atoms with Crippen LogP contribution in [0.1, 0.15) is 20.3 Å². The summed E-state index contributed by atoms with van der Waals surface area (Å²) in [4.78, 5) is 17.6. The number of aromatic nitrogens is 2. The molecule has 5 nitrogen and oxygen atoms in total. The highest BCUT2D eigenvalue weighted by atomic mass is 16.4. The minimum absolute atomic E-state index is 0.106. The van der Waals surface area contributed by atoms with Crippen molar-refractivity contribution < 1.29 is 9.90 Å². The molecule has 0 aliphatic carbocycles. The smallest absolute Gasteiger partial charge is 0.305 e. The van der Waals surface area contributed by atoms with E-state index in [0.29, 0.717) is 6.54 Å². The molecule has 0 fully saturated rings. The van der Waals surface area contributed by atoms with Gasteiger partial charge in [0.1, 0.15) is 0 Å². The van der Waals surface area contributed by atoms with Gasteiger partial charge in [-0.25, -0.2) is 4.98 Å². The van der Waals surface area contributed by atoms with Gasteiger partial charge < -0.3 is 14.6 Å². The SMILES string of the molecule is CCN(CC)c1nc2ccccc2n1CCC(=O)O. The second kappa shape index (κ2) is 5.73. The summed E-state index contributed by atoms with van der Waals surface area (Å²) in [5.74, 6) is 0.0655. The van der Waals surface area contributed by atoms with Crippen molar-refractivity contribution in [1.29, 1.82) is 0 Å². The Kier molecular flexibility index (Phi) is 4.04. The van der Waals surface area contributed by atoms with Gasteiger partial charge in [0.05, 0.1) is 17.5 Å². The minimum atomic E-state index is -0.789. The molecule has 1 aromatic heterocycles. The van der Waals surface area contributed by atoms with Crippen molar-refractivity contribution in [3.05, 3.63) is 24.3 Å². The van der Waals surface area contributed by atoms with Crippen LogP contribution in [0.4, 0.5) is 5.95 Å². The van der Waals surface area contributed by atoms with Crippen molar-refractivity contribution >= 4 is 23.0 Å². The van der Waals surface area contributed by atoms with E-state index in [9.17, 15) is 4.79 Å². The predicted molar refractivity (Wildman–Crippen MR) is 75.5 cm³/mol. The highest BCUT2D eigenvalue weighted by Gasteiger charge is 2.15. The number of imidazole rings is 1. The number of carboxylic acid groups (broad SMARTS) is 1. The van der Waals surface area contributed by atoms with Crippen LogP contribution in [0.15, 0.2) is 24.3 Å². The lowest BCUT2D eigenvalue weighted by Crippen LogP contribution is -2.26. The molecular weight excluding hydrogens is 242 g/mol. The van der Waals surface area contributed by atoms with Crippen LogP contribution in [0.3, 0.4) is 0 Å². The van der Waals surface area contributed by atoms with Crippen LogP contribution < -0.4 is 4.90 Å². The van der Waals surface area contributed by atoms with Crippen LogP contribution in [0.25, 0.3) is 11.0 Å². The van der Waals surface area contributed by atoms with Gasteiger partial charge in [-0.2, -0.15) is 0 Å². The van der Waals surface area contributed by atoms with Crippen molar-refractivity contribution in [3.8, 4) is 0 Å². The first kappa shape index (κ1) is 13.4. The van der Waals surface area contributed by atoms with E-state index in [0.717, 1.165) is 30.1 Å². The van der Waals surface area contributed by atoms with Crippen LogP contribution in [0.5, 0.6) is 0 Å². The van der Waals surface area contributed by atoms with Gasteiger partial charge in [-0.1, -0.05) is 12.1 Å². The van der Waals surface area contributed by atoms with Gasteiger partial charge in [-0.15, -0.1) is 0 Å². The summed E-state index contributed by atoms with van der Waals surface area (Å²) < 4.78 is 2.00. The highest BCUT2D eigenvalue weighted by Crippen LogP contribution is 2.22.